The summed E-state index contributed by atoms with van der Waals surface area (Å²) in [5, 5.41) is 67.0. The van der Waals surface area contributed by atoms with Crippen LogP contribution < -0.4 is 5.32 Å². The van der Waals surface area contributed by atoms with Crippen LogP contribution in [0.25, 0.3) is 0 Å². The third-order valence-electron chi connectivity index (χ3n) is 3.89. The van der Waals surface area contributed by atoms with E-state index in [0.29, 0.717) is 0 Å². The number of H-pyrrole nitrogens is 1. The maximum absolute atomic E-state index is 9.55. The Balaban J connectivity index is 1.69. The van der Waals surface area contributed by atoms with Crippen LogP contribution in [0.5, 0.6) is 0 Å². The summed E-state index contributed by atoms with van der Waals surface area (Å²) in [5.74, 6) is 1.87. The van der Waals surface area contributed by atoms with Crippen molar-refractivity contribution in [2.45, 2.75) is 0 Å². The fraction of sp³-hybridized carbons (Fsp3) is 0. The Morgan fingerprint density at radius 2 is 1.81 bits per heavy atom. The molecular weight excluding hydrogens is 414 g/mol. The molecule has 0 aromatic carbocycles. The predicted molar refractivity (Wildman–Crippen MR) is 106 cm³/mol. The number of nitrogens with one attached hydrogen (secondary N) is 3. The number of terminal acetylenes is 1. The van der Waals surface area contributed by atoms with E-state index in [2.05, 4.69) is 62.1 Å². The number of nitriles is 3. The molecule has 32 heavy (non-hydrogen) atoms. The van der Waals surface area contributed by atoms with Gasteiger partial charge in [0.1, 0.15) is 40.5 Å². The van der Waals surface area contributed by atoms with E-state index in [9.17, 15) is 10.5 Å². The summed E-state index contributed by atoms with van der Waals surface area (Å²) in [7, 11) is 0. The molecule has 15 heteroatoms. The van der Waals surface area contributed by atoms with Crippen molar-refractivity contribution in [3.8, 4) is 30.6 Å². The summed E-state index contributed by atoms with van der Waals surface area (Å²) < 4.78 is 0. The zero-order valence-electron chi connectivity index (χ0n) is 15.5. The second-order valence-electron chi connectivity index (χ2n) is 5.70. The molecule has 0 saturated carbocycles. The lowest BCUT2D eigenvalue weighted by molar-refractivity contribution is 1.07. The smallest absolute Gasteiger partial charge is 0.198 e. The monoisotopic (exact) mass is 419 g/mol. The van der Waals surface area contributed by atoms with E-state index < -0.39 is 0 Å². The molecule has 0 radical (unpaired) electrons. The fourth-order valence-electron chi connectivity index (χ4n) is 2.43. The van der Waals surface area contributed by atoms with E-state index >= 15 is 0 Å². The van der Waals surface area contributed by atoms with Crippen molar-refractivity contribution >= 4 is 29.1 Å². The number of aromatic amines is 1. The molecule has 0 amide bonds. The van der Waals surface area contributed by atoms with Crippen LogP contribution in [0.15, 0.2) is 75.2 Å². The van der Waals surface area contributed by atoms with E-state index in [1.54, 1.807) is 0 Å². The standard InChI is InChI=1S/C17H5N15/c1-2-8-11(21)26-28-13(8)24-15-10(5-20)17(32-30-15)25-16-9(4-19)14(29-31-16)23-12-7(3-18)6-22-27-12/h1,6,21H,(H2,24,30,32). The number of azo groups is 3. The first-order chi connectivity index (χ1) is 15.6. The van der Waals surface area contributed by atoms with Gasteiger partial charge in [0.15, 0.2) is 40.8 Å². The molecule has 4 rings (SSSR count). The van der Waals surface area contributed by atoms with Gasteiger partial charge in [-0.3, -0.25) is 10.5 Å². The molecule has 4 heterocycles. The topological polar surface area (TPSA) is 235 Å². The number of hydrogen-bond donors (Lipinski definition) is 3. The predicted octanol–water partition coefficient (Wildman–Crippen LogP) is 2.48. The number of nitrogens with zero attached hydrogens (tertiary/aromatic N) is 12. The van der Waals surface area contributed by atoms with Crippen LogP contribution in [0, 0.1) is 51.7 Å². The maximum Gasteiger partial charge on any atom is 0.198 e. The average molecular weight is 419 g/mol. The van der Waals surface area contributed by atoms with E-state index in [4.69, 9.17) is 17.1 Å². The number of hydrogen-bond acceptors (Lipinski definition) is 11. The lowest BCUT2D eigenvalue weighted by Crippen LogP contribution is -2.02. The van der Waals surface area contributed by atoms with Crippen molar-refractivity contribution in [2.75, 3.05) is 5.32 Å². The first-order valence-electron chi connectivity index (χ1n) is 8.32. The number of rotatable bonds is 4. The molecule has 0 atom stereocenters. The highest BCUT2D eigenvalue weighted by Gasteiger charge is 2.25. The molecule has 0 aliphatic carbocycles. The van der Waals surface area contributed by atoms with E-state index in [0.717, 1.165) is 0 Å². The van der Waals surface area contributed by atoms with Crippen molar-refractivity contribution in [3.63, 3.8) is 0 Å². The van der Waals surface area contributed by atoms with Crippen LogP contribution in [0.3, 0.4) is 0 Å². The Hall–Kier alpha value is -5.93. The van der Waals surface area contributed by atoms with Crippen molar-refractivity contribution in [2.24, 2.45) is 40.7 Å². The molecule has 0 fully saturated rings. The van der Waals surface area contributed by atoms with Gasteiger partial charge in [-0.05, 0) is 0 Å². The Kier molecular flexibility index (Phi) is 4.74. The van der Waals surface area contributed by atoms with Gasteiger partial charge in [-0.1, -0.05) is 5.92 Å². The molecule has 0 spiro atoms. The molecule has 1 aromatic rings. The Bertz CT molecular complexity index is 1490. The van der Waals surface area contributed by atoms with E-state index in [-0.39, 0.29) is 63.1 Å². The van der Waals surface area contributed by atoms with Gasteiger partial charge >= 0.3 is 0 Å². The molecule has 3 aliphatic rings. The first-order valence-corrected chi connectivity index (χ1v) is 8.32. The summed E-state index contributed by atoms with van der Waals surface area (Å²) in [6.07, 6.45) is 6.57. The molecule has 148 valence electrons. The highest BCUT2D eigenvalue weighted by Crippen LogP contribution is 2.29. The third kappa shape index (κ3) is 3.22. The quantitative estimate of drug-likeness (QED) is 0.621. The summed E-state index contributed by atoms with van der Waals surface area (Å²) in [6.45, 7) is 0. The molecular formula is C17H5N15. The average Bonchev–Trinajstić information content (AvgIpc) is 3.57. The maximum atomic E-state index is 9.55. The Morgan fingerprint density at radius 3 is 2.53 bits per heavy atom. The number of aliphatic imine (C=N–C) groups is 2. The largest absolute Gasteiger partial charge is 0.320 e. The molecule has 15 nitrogen and oxygen atoms in total. The van der Waals surface area contributed by atoms with E-state index in [1.807, 2.05) is 18.2 Å². The van der Waals surface area contributed by atoms with Crippen LogP contribution >= 0.6 is 0 Å². The number of aromatic nitrogens is 2. The summed E-state index contributed by atoms with van der Waals surface area (Å²) in [5.41, 5.74) is 0.0497. The van der Waals surface area contributed by atoms with Crippen LogP contribution in [0.2, 0.25) is 0 Å². The van der Waals surface area contributed by atoms with Crippen molar-refractivity contribution in [1.29, 1.82) is 21.2 Å². The molecule has 0 saturated heterocycles. The molecule has 0 unspecified atom stereocenters. The highest BCUT2D eigenvalue weighted by molar-refractivity contribution is 6.08. The zero-order valence-corrected chi connectivity index (χ0v) is 15.5. The minimum absolute atomic E-state index is 0.0184. The van der Waals surface area contributed by atoms with Crippen molar-refractivity contribution in [1.82, 2.24) is 10.2 Å². The van der Waals surface area contributed by atoms with Crippen LogP contribution in [0.4, 0.5) is 11.6 Å². The minimum atomic E-state index is -0.204. The second kappa shape index (κ2) is 7.83. The number of amidine groups is 3. The SMILES string of the molecule is C#CC1=C(Nc2n[nH]c(N=C3N=NC(N=C4N=NC=C4C#N)=C3C#N)c2C#N)N=NC1=N. The minimum Gasteiger partial charge on any atom is -0.320 e. The normalized spacial score (nSPS) is 18.9. The molecule has 3 aliphatic heterocycles. The van der Waals surface area contributed by atoms with Crippen LogP contribution in [0.1, 0.15) is 5.56 Å². The van der Waals surface area contributed by atoms with Gasteiger partial charge in [0.2, 0.25) is 0 Å². The highest BCUT2D eigenvalue weighted by atomic mass is 15.3. The van der Waals surface area contributed by atoms with Gasteiger partial charge in [-0.15, -0.1) is 32.0 Å². The van der Waals surface area contributed by atoms with Crippen LogP contribution in [-0.2, 0) is 0 Å². The van der Waals surface area contributed by atoms with E-state index in [1.165, 1.54) is 6.20 Å². The first kappa shape index (κ1) is 19.4. The van der Waals surface area contributed by atoms with Gasteiger partial charge < -0.3 is 5.32 Å². The summed E-state index contributed by atoms with van der Waals surface area (Å²) >= 11 is 0. The number of anilines is 1. The molecule has 1 aromatic heterocycles. The summed E-state index contributed by atoms with van der Waals surface area (Å²) in [6, 6.07) is 5.66. The van der Waals surface area contributed by atoms with Gasteiger partial charge in [-0.2, -0.15) is 26.0 Å². The molecule has 0 bridgehead atoms. The molecule has 3 N–H and O–H groups in total. The fourth-order valence-corrected chi connectivity index (χ4v) is 2.43. The van der Waals surface area contributed by atoms with Gasteiger partial charge in [0.25, 0.3) is 0 Å². The van der Waals surface area contributed by atoms with Gasteiger partial charge in [0, 0.05) is 0 Å². The van der Waals surface area contributed by atoms with Gasteiger partial charge in [0.05, 0.1) is 6.20 Å². The zero-order chi connectivity index (χ0) is 22.7. The lowest BCUT2D eigenvalue weighted by atomic mass is 10.2. The van der Waals surface area contributed by atoms with Crippen molar-refractivity contribution < 1.29 is 0 Å². The Labute approximate surface area is 177 Å². The Morgan fingerprint density at radius 1 is 0.969 bits per heavy atom. The van der Waals surface area contributed by atoms with Gasteiger partial charge in [-0.25, -0.2) is 9.98 Å². The lowest BCUT2D eigenvalue weighted by Gasteiger charge is -2.00. The second-order valence-corrected chi connectivity index (χ2v) is 5.70. The van der Waals surface area contributed by atoms with Crippen LogP contribution in [-0.4, -0.2) is 27.7 Å². The third-order valence-corrected chi connectivity index (χ3v) is 3.89. The summed E-state index contributed by atoms with van der Waals surface area (Å²) in [4.78, 5) is 8.16. The van der Waals surface area contributed by atoms with Crippen molar-refractivity contribution in [3.05, 3.63) is 40.1 Å².